The number of hydrazine groups is 1. The number of thiophene rings is 2. The number of anilines is 1. The number of hydrogen-bond acceptors (Lipinski definition) is 6. The highest BCUT2D eigenvalue weighted by atomic mass is 79.9. The molecule has 0 amide bonds. The number of hydrogen-bond donors (Lipinski definition) is 2. The molecule has 102 valence electrons. The van der Waals surface area contributed by atoms with Crippen LogP contribution in [-0.4, -0.2) is 9.97 Å². The van der Waals surface area contributed by atoms with Crippen LogP contribution in [0.3, 0.4) is 0 Å². The van der Waals surface area contributed by atoms with Gasteiger partial charge in [0.2, 0.25) is 0 Å². The number of nitrogens with one attached hydrogen (secondary N) is 1. The third kappa shape index (κ3) is 1.88. The first kappa shape index (κ1) is 12.7. The van der Waals surface area contributed by atoms with Crippen molar-refractivity contribution in [1.29, 1.82) is 0 Å². The van der Waals surface area contributed by atoms with Gasteiger partial charge in [-0.25, -0.2) is 15.8 Å². The lowest BCUT2D eigenvalue weighted by atomic mass is 10.2. The molecule has 1 aliphatic carbocycles. The lowest BCUT2D eigenvalue weighted by Gasteiger charge is -2.05. The summed E-state index contributed by atoms with van der Waals surface area (Å²) in [7, 11) is 0. The fraction of sp³-hybridized carbons (Fsp3) is 0.231. The van der Waals surface area contributed by atoms with E-state index in [1.165, 1.54) is 16.9 Å². The van der Waals surface area contributed by atoms with E-state index in [-0.39, 0.29) is 0 Å². The lowest BCUT2D eigenvalue weighted by molar-refractivity contribution is 0.917. The Balaban J connectivity index is 1.97. The minimum atomic E-state index is 0.737. The topological polar surface area (TPSA) is 63.8 Å². The van der Waals surface area contributed by atoms with Crippen molar-refractivity contribution in [2.75, 3.05) is 5.43 Å². The van der Waals surface area contributed by atoms with Gasteiger partial charge >= 0.3 is 0 Å². The van der Waals surface area contributed by atoms with E-state index < -0.39 is 0 Å². The van der Waals surface area contributed by atoms with Crippen molar-refractivity contribution in [2.24, 2.45) is 5.84 Å². The van der Waals surface area contributed by atoms with Crippen molar-refractivity contribution < 1.29 is 0 Å². The Bertz CT molecular complexity index is 808. The molecule has 1 aliphatic rings. The summed E-state index contributed by atoms with van der Waals surface area (Å²) in [5.41, 5.74) is 4.14. The molecule has 0 fully saturated rings. The number of aryl methyl sites for hydroxylation is 2. The molecule has 3 aromatic rings. The molecular weight excluding hydrogens is 356 g/mol. The highest BCUT2D eigenvalue weighted by molar-refractivity contribution is 9.11. The lowest BCUT2D eigenvalue weighted by Crippen LogP contribution is -2.10. The summed E-state index contributed by atoms with van der Waals surface area (Å²) in [6, 6.07) is 4.04. The van der Waals surface area contributed by atoms with Crippen molar-refractivity contribution in [2.45, 2.75) is 19.3 Å². The van der Waals surface area contributed by atoms with Crippen LogP contribution >= 0.6 is 38.6 Å². The van der Waals surface area contributed by atoms with E-state index in [9.17, 15) is 0 Å². The Labute approximate surface area is 132 Å². The molecule has 4 rings (SSSR count). The standard InChI is InChI=1S/C13H11BrN4S2/c14-9-5-4-8(19-9)11-16-12(18-15)10-6-2-1-3-7(6)20-13(10)17-11/h4-5H,1-3,15H2,(H,16,17,18). The number of aromatic nitrogens is 2. The molecule has 0 aromatic carbocycles. The van der Waals surface area contributed by atoms with E-state index in [1.807, 2.05) is 12.1 Å². The molecule has 4 nitrogen and oxygen atoms in total. The van der Waals surface area contributed by atoms with E-state index in [0.29, 0.717) is 0 Å². The minimum Gasteiger partial charge on any atom is -0.308 e. The Kier molecular flexibility index (Phi) is 3.03. The van der Waals surface area contributed by atoms with Crippen LogP contribution in [0.4, 0.5) is 5.82 Å². The van der Waals surface area contributed by atoms with E-state index in [1.54, 1.807) is 22.7 Å². The number of halogens is 1. The van der Waals surface area contributed by atoms with Gasteiger partial charge in [-0.15, -0.1) is 22.7 Å². The van der Waals surface area contributed by atoms with Crippen LogP contribution < -0.4 is 11.3 Å². The van der Waals surface area contributed by atoms with Gasteiger partial charge in [0.15, 0.2) is 11.6 Å². The average Bonchev–Trinajstić information content (AvgIpc) is 3.12. The third-order valence-electron chi connectivity index (χ3n) is 3.49. The van der Waals surface area contributed by atoms with Gasteiger partial charge in [-0.2, -0.15) is 0 Å². The molecule has 0 radical (unpaired) electrons. The molecule has 0 saturated carbocycles. The summed E-state index contributed by atoms with van der Waals surface area (Å²) in [6.07, 6.45) is 3.48. The van der Waals surface area contributed by atoms with Crippen LogP contribution in [-0.2, 0) is 12.8 Å². The van der Waals surface area contributed by atoms with Crippen LogP contribution in [0.2, 0.25) is 0 Å². The molecule has 0 aliphatic heterocycles. The molecule has 0 atom stereocenters. The van der Waals surface area contributed by atoms with Crippen molar-refractivity contribution in [3.63, 3.8) is 0 Å². The van der Waals surface area contributed by atoms with Crippen molar-refractivity contribution in [3.05, 3.63) is 26.4 Å². The molecule has 3 aromatic heterocycles. The van der Waals surface area contributed by atoms with Gasteiger partial charge in [0.25, 0.3) is 0 Å². The van der Waals surface area contributed by atoms with Gasteiger partial charge in [0, 0.05) is 4.88 Å². The summed E-state index contributed by atoms with van der Waals surface area (Å²) in [5.74, 6) is 7.16. The quantitative estimate of drug-likeness (QED) is 0.532. The summed E-state index contributed by atoms with van der Waals surface area (Å²) in [6.45, 7) is 0. The Morgan fingerprint density at radius 3 is 2.85 bits per heavy atom. The Morgan fingerprint density at radius 1 is 1.20 bits per heavy atom. The summed E-state index contributed by atoms with van der Waals surface area (Å²) >= 11 is 6.88. The zero-order valence-corrected chi connectivity index (χ0v) is 13.7. The second kappa shape index (κ2) is 4.77. The predicted octanol–water partition coefficient (Wildman–Crippen LogP) is 3.96. The second-order valence-electron chi connectivity index (χ2n) is 4.68. The van der Waals surface area contributed by atoms with Crippen molar-refractivity contribution >= 4 is 54.6 Å². The molecule has 0 bridgehead atoms. The molecule has 20 heavy (non-hydrogen) atoms. The maximum absolute atomic E-state index is 5.68. The molecule has 0 unspecified atom stereocenters. The Hall–Kier alpha value is -1.02. The Morgan fingerprint density at radius 2 is 2.10 bits per heavy atom. The first-order chi connectivity index (χ1) is 9.76. The molecule has 3 N–H and O–H groups in total. The second-order valence-corrected chi connectivity index (χ2v) is 8.23. The maximum atomic E-state index is 5.68. The van der Waals surface area contributed by atoms with E-state index >= 15 is 0 Å². The number of nitrogens with zero attached hydrogens (tertiary/aromatic N) is 2. The van der Waals surface area contributed by atoms with E-state index in [4.69, 9.17) is 10.8 Å². The zero-order valence-electron chi connectivity index (χ0n) is 10.4. The average molecular weight is 367 g/mol. The van der Waals surface area contributed by atoms with Gasteiger partial charge in [0.1, 0.15) is 4.83 Å². The third-order valence-corrected chi connectivity index (χ3v) is 6.30. The maximum Gasteiger partial charge on any atom is 0.173 e. The predicted molar refractivity (Wildman–Crippen MR) is 88.3 cm³/mol. The normalized spacial score (nSPS) is 13.9. The van der Waals surface area contributed by atoms with Gasteiger partial charge in [-0.05, 0) is 52.9 Å². The monoisotopic (exact) mass is 366 g/mol. The number of nitrogen functional groups attached to an aromatic ring is 1. The first-order valence-electron chi connectivity index (χ1n) is 6.31. The number of nitrogens with two attached hydrogens (primary N) is 1. The summed E-state index contributed by atoms with van der Waals surface area (Å²) < 4.78 is 1.08. The molecule has 7 heteroatoms. The highest BCUT2D eigenvalue weighted by Crippen LogP contribution is 2.41. The number of rotatable bonds is 2. The van der Waals surface area contributed by atoms with Crippen LogP contribution in [0, 0.1) is 0 Å². The van der Waals surface area contributed by atoms with Gasteiger partial charge in [-0.3, -0.25) is 0 Å². The number of fused-ring (bicyclic) bond motifs is 3. The van der Waals surface area contributed by atoms with Crippen molar-refractivity contribution in [3.8, 4) is 10.7 Å². The molecule has 0 spiro atoms. The van der Waals surface area contributed by atoms with Gasteiger partial charge in [-0.1, -0.05) is 0 Å². The van der Waals surface area contributed by atoms with E-state index in [0.717, 1.165) is 43.4 Å². The fourth-order valence-corrected chi connectivity index (χ4v) is 5.23. The molecule has 3 heterocycles. The smallest absolute Gasteiger partial charge is 0.173 e. The SMILES string of the molecule is NNc1nc(-c2ccc(Br)s2)nc2sc3c(c12)CCC3. The molecular formula is C13H11BrN4S2. The van der Waals surface area contributed by atoms with Crippen LogP contribution in [0.1, 0.15) is 16.9 Å². The largest absolute Gasteiger partial charge is 0.308 e. The highest BCUT2D eigenvalue weighted by Gasteiger charge is 2.22. The van der Waals surface area contributed by atoms with Gasteiger partial charge < -0.3 is 5.43 Å². The van der Waals surface area contributed by atoms with Crippen LogP contribution in [0.5, 0.6) is 0 Å². The first-order valence-corrected chi connectivity index (χ1v) is 8.73. The van der Waals surface area contributed by atoms with Crippen LogP contribution in [0.15, 0.2) is 15.9 Å². The van der Waals surface area contributed by atoms with Gasteiger partial charge in [0.05, 0.1) is 14.0 Å². The van der Waals surface area contributed by atoms with Crippen molar-refractivity contribution in [1.82, 2.24) is 9.97 Å². The fourth-order valence-electron chi connectivity index (χ4n) is 2.64. The van der Waals surface area contributed by atoms with E-state index in [2.05, 4.69) is 26.3 Å². The zero-order chi connectivity index (χ0) is 13.7. The minimum absolute atomic E-state index is 0.737. The molecule has 0 saturated heterocycles. The summed E-state index contributed by atoms with van der Waals surface area (Å²) in [4.78, 5) is 12.9. The van der Waals surface area contributed by atoms with Crippen LogP contribution in [0.25, 0.3) is 20.9 Å². The summed E-state index contributed by atoms with van der Waals surface area (Å²) in [5, 5.41) is 1.12.